The second-order valence-corrected chi connectivity index (χ2v) is 8.33. The van der Waals surface area contributed by atoms with E-state index < -0.39 is 0 Å². The minimum absolute atomic E-state index is 0.0731. The minimum atomic E-state index is -0.0731. The number of aromatic nitrogens is 1. The van der Waals surface area contributed by atoms with Crippen LogP contribution in [0.1, 0.15) is 86.1 Å². The summed E-state index contributed by atoms with van der Waals surface area (Å²) in [5, 5.41) is 2.99. The van der Waals surface area contributed by atoms with Crippen molar-refractivity contribution in [3.63, 3.8) is 0 Å². The van der Waals surface area contributed by atoms with Gasteiger partial charge in [-0.05, 0) is 52.0 Å². The summed E-state index contributed by atoms with van der Waals surface area (Å²) in [6.45, 7) is 8.27. The van der Waals surface area contributed by atoms with Gasteiger partial charge in [0.1, 0.15) is 0 Å². The van der Waals surface area contributed by atoms with Crippen LogP contribution in [-0.4, -0.2) is 40.9 Å². The lowest BCUT2D eigenvalue weighted by atomic mass is 9.95. The summed E-state index contributed by atoms with van der Waals surface area (Å²) in [6.07, 6.45) is 9.04. The molecule has 1 atom stereocenters. The lowest BCUT2D eigenvalue weighted by Crippen LogP contribution is -2.45. The molecule has 1 saturated heterocycles. The molecule has 1 aliphatic carbocycles. The molecule has 2 heterocycles. The lowest BCUT2D eigenvalue weighted by Gasteiger charge is -2.32. The van der Waals surface area contributed by atoms with Crippen molar-refractivity contribution < 1.29 is 9.59 Å². The van der Waals surface area contributed by atoms with Gasteiger partial charge in [-0.15, -0.1) is 0 Å². The van der Waals surface area contributed by atoms with E-state index in [4.69, 9.17) is 0 Å². The molecule has 27 heavy (non-hydrogen) atoms. The maximum absolute atomic E-state index is 13.2. The van der Waals surface area contributed by atoms with Crippen molar-refractivity contribution in [3.05, 3.63) is 23.0 Å². The smallest absolute Gasteiger partial charge is 0.255 e. The molecule has 5 heteroatoms. The van der Waals surface area contributed by atoms with Crippen molar-refractivity contribution >= 4 is 11.8 Å². The number of rotatable bonds is 5. The number of hydrogen-bond acceptors (Lipinski definition) is 2. The Labute approximate surface area is 163 Å². The van der Waals surface area contributed by atoms with Crippen molar-refractivity contribution in [1.82, 2.24) is 14.8 Å². The third-order valence-corrected chi connectivity index (χ3v) is 6.28. The first-order chi connectivity index (χ1) is 13.0. The van der Waals surface area contributed by atoms with E-state index in [1.165, 1.54) is 37.8 Å². The highest BCUT2D eigenvalue weighted by molar-refractivity contribution is 5.96. The van der Waals surface area contributed by atoms with Crippen LogP contribution in [0.3, 0.4) is 0 Å². The molecule has 150 valence electrons. The monoisotopic (exact) mass is 373 g/mol. The molecule has 2 amide bonds. The van der Waals surface area contributed by atoms with Crippen LogP contribution in [0, 0.1) is 19.8 Å². The Bertz CT molecular complexity index is 673. The van der Waals surface area contributed by atoms with Crippen LogP contribution in [0.25, 0.3) is 0 Å². The molecule has 1 aromatic rings. The molecular formula is C22H35N3O2. The Balaban J connectivity index is 1.72. The number of hydrogen-bond donors (Lipinski definition) is 1. The summed E-state index contributed by atoms with van der Waals surface area (Å²) in [7, 11) is 0. The van der Waals surface area contributed by atoms with Crippen LogP contribution in [0.15, 0.2) is 6.07 Å². The van der Waals surface area contributed by atoms with Crippen LogP contribution in [0.4, 0.5) is 0 Å². The average molecular weight is 374 g/mol. The molecule has 1 aliphatic heterocycles. The average Bonchev–Trinajstić information content (AvgIpc) is 3.00. The standard InChI is InChI=1S/C22H35N3O2/c1-4-12-23-21(26)18-9-8-13-24(15-18)22(27)20-14-16(2)25(17(20)3)19-10-6-5-7-11-19/h14,18-19H,4-13,15H2,1-3H3,(H,23,26). The largest absolute Gasteiger partial charge is 0.356 e. The number of nitrogens with zero attached hydrogens (tertiary/aromatic N) is 2. The molecule has 3 rings (SSSR count). The Morgan fingerprint density at radius 2 is 1.85 bits per heavy atom. The van der Waals surface area contributed by atoms with Gasteiger partial charge in [-0.2, -0.15) is 0 Å². The van der Waals surface area contributed by atoms with Crippen LogP contribution in [0.5, 0.6) is 0 Å². The topological polar surface area (TPSA) is 54.3 Å². The zero-order chi connectivity index (χ0) is 19.4. The van der Waals surface area contributed by atoms with Gasteiger partial charge in [-0.1, -0.05) is 26.2 Å². The van der Waals surface area contributed by atoms with E-state index in [2.05, 4.69) is 36.7 Å². The molecule has 1 N–H and O–H groups in total. The van der Waals surface area contributed by atoms with Gasteiger partial charge in [0.05, 0.1) is 11.5 Å². The maximum atomic E-state index is 13.2. The maximum Gasteiger partial charge on any atom is 0.255 e. The van der Waals surface area contributed by atoms with Gasteiger partial charge in [-0.3, -0.25) is 9.59 Å². The fourth-order valence-corrected chi connectivity index (χ4v) is 4.83. The summed E-state index contributed by atoms with van der Waals surface area (Å²) in [4.78, 5) is 27.5. The van der Waals surface area contributed by atoms with Crippen molar-refractivity contribution in [3.8, 4) is 0 Å². The molecule has 5 nitrogen and oxygen atoms in total. The highest BCUT2D eigenvalue weighted by atomic mass is 16.2. The predicted octanol–water partition coefficient (Wildman–Crippen LogP) is 3.99. The first-order valence-corrected chi connectivity index (χ1v) is 10.8. The van der Waals surface area contributed by atoms with E-state index >= 15 is 0 Å². The lowest BCUT2D eigenvalue weighted by molar-refractivity contribution is -0.126. The second kappa shape index (κ2) is 8.94. The number of carbonyl (C=O) groups excluding carboxylic acids is 2. The number of likely N-dealkylation sites (tertiary alicyclic amines) is 1. The Kier molecular flexibility index (Phi) is 6.61. The Morgan fingerprint density at radius 1 is 1.11 bits per heavy atom. The molecule has 0 aromatic carbocycles. The Hall–Kier alpha value is -1.78. The van der Waals surface area contributed by atoms with Crippen LogP contribution in [-0.2, 0) is 4.79 Å². The summed E-state index contributed by atoms with van der Waals surface area (Å²) < 4.78 is 2.39. The van der Waals surface area contributed by atoms with Gasteiger partial charge in [0.15, 0.2) is 0 Å². The number of carbonyl (C=O) groups is 2. The summed E-state index contributed by atoms with van der Waals surface area (Å²) in [5.74, 6) is 0.122. The normalized spacial score (nSPS) is 21.3. The minimum Gasteiger partial charge on any atom is -0.356 e. The molecule has 0 spiro atoms. The van der Waals surface area contributed by atoms with E-state index in [1.54, 1.807) is 0 Å². The molecule has 1 saturated carbocycles. The van der Waals surface area contributed by atoms with E-state index in [0.29, 0.717) is 19.1 Å². The fraction of sp³-hybridized carbons (Fsp3) is 0.727. The van der Waals surface area contributed by atoms with Crippen molar-refractivity contribution in [2.24, 2.45) is 5.92 Å². The van der Waals surface area contributed by atoms with E-state index in [1.807, 2.05) is 4.90 Å². The molecule has 2 fully saturated rings. The summed E-state index contributed by atoms with van der Waals surface area (Å²) in [5.41, 5.74) is 3.12. The Morgan fingerprint density at radius 3 is 2.56 bits per heavy atom. The summed E-state index contributed by atoms with van der Waals surface area (Å²) in [6, 6.07) is 2.60. The number of piperidine rings is 1. The van der Waals surface area contributed by atoms with Crippen LogP contribution in [0.2, 0.25) is 0 Å². The number of amides is 2. The number of aryl methyl sites for hydroxylation is 1. The van der Waals surface area contributed by atoms with Gasteiger partial charge in [0.2, 0.25) is 5.91 Å². The summed E-state index contributed by atoms with van der Waals surface area (Å²) >= 11 is 0. The van der Waals surface area contributed by atoms with Gasteiger partial charge in [0, 0.05) is 37.1 Å². The van der Waals surface area contributed by atoms with Crippen molar-refractivity contribution in [2.45, 2.75) is 78.2 Å². The third-order valence-electron chi connectivity index (χ3n) is 6.28. The molecule has 0 radical (unpaired) electrons. The van der Waals surface area contributed by atoms with Crippen molar-refractivity contribution in [1.29, 1.82) is 0 Å². The van der Waals surface area contributed by atoms with Crippen LogP contribution >= 0.6 is 0 Å². The third kappa shape index (κ3) is 4.39. The van der Waals surface area contributed by atoms with E-state index in [0.717, 1.165) is 37.1 Å². The van der Waals surface area contributed by atoms with E-state index in [-0.39, 0.29) is 17.7 Å². The van der Waals surface area contributed by atoms with Gasteiger partial charge in [-0.25, -0.2) is 0 Å². The molecule has 2 aliphatic rings. The highest BCUT2D eigenvalue weighted by Gasteiger charge is 2.31. The van der Waals surface area contributed by atoms with Gasteiger partial charge >= 0.3 is 0 Å². The van der Waals surface area contributed by atoms with Crippen LogP contribution < -0.4 is 5.32 Å². The first kappa shape index (κ1) is 20.0. The molecule has 1 unspecified atom stereocenters. The highest BCUT2D eigenvalue weighted by Crippen LogP contribution is 2.32. The molecule has 1 aromatic heterocycles. The van der Waals surface area contributed by atoms with Gasteiger partial charge < -0.3 is 14.8 Å². The molecule has 0 bridgehead atoms. The second-order valence-electron chi connectivity index (χ2n) is 8.33. The molecular weight excluding hydrogens is 338 g/mol. The number of nitrogens with one attached hydrogen (secondary N) is 1. The fourth-order valence-electron chi connectivity index (χ4n) is 4.83. The first-order valence-electron chi connectivity index (χ1n) is 10.8. The van der Waals surface area contributed by atoms with E-state index in [9.17, 15) is 9.59 Å². The SMILES string of the molecule is CCCNC(=O)C1CCCN(C(=O)c2cc(C)n(C3CCCCC3)c2C)C1. The van der Waals surface area contributed by atoms with Crippen molar-refractivity contribution in [2.75, 3.05) is 19.6 Å². The van der Waals surface area contributed by atoms with Gasteiger partial charge in [0.25, 0.3) is 5.91 Å². The zero-order valence-electron chi connectivity index (χ0n) is 17.2. The quantitative estimate of drug-likeness (QED) is 0.848. The predicted molar refractivity (Wildman–Crippen MR) is 108 cm³/mol. The zero-order valence-corrected chi connectivity index (χ0v) is 17.2.